The Bertz CT molecular complexity index is 1100. The molecule has 25 heavy (non-hydrogen) atoms. The Labute approximate surface area is 142 Å². The van der Waals surface area contributed by atoms with Crippen LogP contribution in [0.1, 0.15) is 18.9 Å². The number of fused-ring (bicyclic) bond motifs is 2. The fraction of sp³-hybridized carbons (Fsp3) is 0.294. The molecule has 0 spiro atoms. The van der Waals surface area contributed by atoms with Gasteiger partial charge in [-0.05, 0) is 25.0 Å². The van der Waals surface area contributed by atoms with Crippen LogP contribution in [-0.2, 0) is 0 Å². The standard InChI is InChI=1S/C17H17N7O/c25-17-21-13-3-1-2-4-14(13)24(17)11-5-7-23(8-6-11)16-12-9-20-22-15(12)18-10-19-16/h1-4,9-11H,5-8H2,(H,21,25)(H,18,19,20,22). The molecule has 2 N–H and O–H groups in total. The topological polar surface area (TPSA) is 95.5 Å². The lowest BCUT2D eigenvalue weighted by Gasteiger charge is -2.33. The smallest absolute Gasteiger partial charge is 0.326 e. The van der Waals surface area contributed by atoms with Crippen LogP contribution in [0.2, 0.25) is 0 Å². The molecule has 1 aliphatic heterocycles. The largest absolute Gasteiger partial charge is 0.356 e. The minimum absolute atomic E-state index is 0.0288. The summed E-state index contributed by atoms with van der Waals surface area (Å²) in [5, 5.41) is 7.87. The van der Waals surface area contributed by atoms with Gasteiger partial charge in [-0.25, -0.2) is 14.8 Å². The molecular weight excluding hydrogens is 318 g/mol. The average molecular weight is 335 g/mol. The highest BCUT2D eigenvalue weighted by atomic mass is 16.1. The molecule has 1 aromatic carbocycles. The van der Waals surface area contributed by atoms with Crippen molar-refractivity contribution >= 4 is 27.9 Å². The van der Waals surface area contributed by atoms with Crippen molar-refractivity contribution in [1.29, 1.82) is 0 Å². The quantitative estimate of drug-likeness (QED) is 0.583. The average Bonchev–Trinajstić information content (AvgIpc) is 3.25. The highest BCUT2D eigenvalue weighted by Crippen LogP contribution is 2.29. The van der Waals surface area contributed by atoms with Gasteiger partial charge in [0.2, 0.25) is 0 Å². The lowest BCUT2D eigenvalue weighted by Crippen LogP contribution is -2.37. The molecule has 3 aromatic heterocycles. The van der Waals surface area contributed by atoms with Crippen molar-refractivity contribution in [3.63, 3.8) is 0 Å². The van der Waals surface area contributed by atoms with Gasteiger partial charge in [0.15, 0.2) is 5.65 Å². The van der Waals surface area contributed by atoms with Gasteiger partial charge in [0.1, 0.15) is 12.1 Å². The number of benzene rings is 1. The van der Waals surface area contributed by atoms with Crippen LogP contribution in [-0.4, -0.2) is 42.8 Å². The summed E-state index contributed by atoms with van der Waals surface area (Å²) >= 11 is 0. The molecule has 1 saturated heterocycles. The summed E-state index contributed by atoms with van der Waals surface area (Å²) in [4.78, 5) is 26.2. The van der Waals surface area contributed by atoms with Crippen molar-refractivity contribution in [2.75, 3.05) is 18.0 Å². The number of H-pyrrole nitrogens is 2. The van der Waals surface area contributed by atoms with Gasteiger partial charge >= 0.3 is 5.69 Å². The number of aromatic amines is 2. The fourth-order valence-corrected chi connectivity index (χ4v) is 3.78. The van der Waals surface area contributed by atoms with Crippen molar-refractivity contribution in [2.45, 2.75) is 18.9 Å². The van der Waals surface area contributed by atoms with E-state index < -0.39 is 0 Å². The van der Waals surface area contributed by atoms with Crippen LogP contribution >= 0.6 is 0 Å². The van der Waals surface area contributed by atoms with E-state index in [2.05, 4.69) is 30.0 Å². The number of piperidine rings is 1. The van der Waals surface area contributed by atoms with Crippen molar-refractivity contribution in [3.8, 4) is 0 Å². The van der Waals surface area contributed by atoms with Crippen molar-refractivity contribution in [1.82, 2.24) is 29.7 Å². The van der Waals surface area contributed by atoms with E-state index in [-0.39, 0.29) is 11.7 Å². The molecule has 4 heterocycles. The molecule has 0 amide bonds. The Morgan fingerprint density at radius 2 is 1.96 bits per heavy atom. The molecule has 1 fully saturated rings. The van der Waals surface area contributed by atoms with Gasteiger partial charge < -0.3 is 9.88 Å². The maximum absolute atomic E-state index is 12.4. The molecule has 1 aliphatic rings. The molecule has 8 heteroatoms. The zero-order valence-corrected chi connectivity index (χ0v) is 13.5. The number of nitrogens with zero attached hydrogens (tertiary/aromatic N) is 5. The van der Waals surface area contributed by atoms with E-state index in [9.17, 15) is 4.79 Å². The zero-order valence-electron chi connectivity index (χ0n) is 13.5. The highest BCUT2D eigenvalue weighted by Gasteiger charge is 2.25. The predicted octanol–water partition coefficient (Wildman–Crippen LogP) is 1.84. The molecule has 126 valence electrons. The lowest BCUT2D eigenvalue weighted by molar-refractivity contribution is 0.396. The third kappa shape index (κ3) is 2.21. The number of nitrogens with one attached hydrogen (secondary N) is 2. The monoisotopic (exact) mass is 335 g/mol. The summed E-state index contributed by atoms with van der Waals surface area (Å²) in [6.07, 6.45) is 5.11. The van der Waals surface area contributed by atoms with Gasteiger partial charge in [-0.1, -0.05) is 12.1 Å². The van der Waals surface area contributed by atoms with Crippen LogP contribution in [0.3, 0.4) is 0 Å². The Morgan fingerprint density at radius 1 is 1.12 bits per heavy atom. The van der Waals surface area contributed by atoms with Crippen LogP contribution in [0.4, 0.5) is 5.82 Å². The molecule has 4 aromatic rings. The number of para-hydroxylation sites is 2. The molecule has 0 saturated carbocycles. The first kappa shape index (κ1) is 14.2. The van der Waals surface area contributed by atoms with Crippen LogP contribution < -0.4 is 10.6 Å². The number of hydrogen-bond acceptors (Lipinski definition) is 5. The lowest BCUT2D eigenvalue weighted by atomic mass is 10.0. The second-order valence-corrected chi connectivity index (χ2v) is 6.37. The number of anilines is 1. The van der Waals surface area contributed by atoms with E-state index in [1.807, 2.05) is 28.8 Å². The van der Waals surface area contributed by atoms with Crippen LogP contribution in [0.15, 0.2) is 41.6 Å². The molecule has 0 atom stereocenters. The van der Waals surface area contributed by atoms with Crippen LogP contribution in [0.5, 0.6) is 0 Å². The van der Waals surface area contributed by atoms with Crippen molar-refractivity contribution in [2.24, 2.45) is 0 Å². The summed E-state index contributed by atoms with van der Waals surface area (Å²) in [7, 11) is 0. The maximum Gasteiger partial charge on any atom is 0.326 e. The number of imidazole rings is 1. The van der Waals surface area contributed by atoms with E-state index in [4.69, 9.17) is 0 Å². The molecule has 0 unspecified atom stereocenters. The number of aromatic nitrogens is 6. The minimum Gasteiger partial charge on any atom is -0.356 e. The van der Waals surface area contributed by atoms with E-state index in [0.717, 1.165) is 53.8 Å². The fourth-order valence-electron chi connectivity index (χ4n) is 3.78. The van der Waals surface area contributed by atoms with Gasteiger partial charge in [0, 0.05) is 19.1 Å². The van der Waals surface area contributed by atoms with Gasteiger partial charge in [0.05, 0.1) is 22.6 Å². The Kier molecular flexibility index (Phi) is 3.09. The van der Waals surface area contributed by atoms with Crippen LogP contribution in [0.25, 0.3) is 22.1 Å². The van der Waals surface area contributed by atoms with Gasteiger partial charge in [0.25, 0.3) is 0 Å². The van der Waals surface area contributed by atoms with Crippen LogP contribution in [0, 0.1) is 0 Å². The third-order valence-corrected chi connectivity index (χ3v) is 4.98. The molecule has 0 aliphatic carbocycles. The second-order valence-electron chi connectivity index (χ2n) is 6.37. The van der Waals surface area contributed by atoms with E-state index in [1.165, 1.54) is 0 Å². The normalized spacial score (nSPS) is 16.1. The first-order chi connectivity index (χ1) is 12.3. The highest BCUT2D eigenvalue weighted by molar-refractivity contribution is 5.86. The van der Waals surface area contributed by atoms with E-state index >= 15 is 0 Å². The molecule has 5 rings (SSSR count). The Morgan fingerprint density at radius 3 is 2.84 bits per heavy atom. The summed E-state index contributed by atoms with van der Waals surface area (Å²) in [6, 6.07) is 8.05. The Balaban J connectivity index is 1.44. The number of rotatable bonds is 2. The number of hydrogen-bond donors (Lipinski definition) is 2. The van der Waals surface area contributed by atoms with Gasteiger partial charge in [-0.2, -0.15) is 5.10 Å². The van der Waals surface area contributed by atoms with Crippen molar-refractivity contribution in [3.05, 3.63) is 47.3 Å². The van der Waals surface area contributed by atoms with E-state index in [1.54, 1.807) is 12.5 Å². The molecule has 8 nitrogen and oxygen atoms in total. The summed E-state index contributed by atoms with van der Waals surface area (Å²) in [5.74, 6) is 0.906. The SMILES string of the molecule is O=c1[nH]c2ccccc2n1C1CCN(c2ncnc3[nH]ncc23)CC1. The zero-order chi connectivity index (χ0) is 16.8. The van der Waals surface area contributed by atoms with Crippen molar-refractivity contribution < 1.29 is 0 Å². The summed E-state index contributed by atoms with van der Waals surface area (Å²) in [5.41, 5.74) is 2.59. The second kappa shape index (κ2) is 5.44. The first-order valence-electron chi connectivity index (χ1n) is 8.39. The van der Waals surface area contributed by atoms with Gasteiger partial charge in [-0.3, -0.25) is 9.67 Å². The van der Waals surface area contributed by atoms with E-state index in [0.29, 0.717) is 0 Å². The minimum atomic E-state index is -0.0288. The molecular formula is C17H17N7O. The predicted molar refractivity (Wildman–Crippen MR) is 94.7 cm³/mol. The molecule has 0 radical (unpaired) electrons. The third-order valence-electron chi connectivity index (χ3n) is 4.98. The Hall–Kier alpha value is -3.16. The first-order valence-corrected chi connectivity index (χ1v) is 8.39. The van der Waals surface area contributed by atoms with Gasteiger partial charge in [-0.15, -0.1) is 0 Å². The molecule has 0 bridgehead atoms. The summed E-state index contributed by atoms with van der Waals surface area (Å²) < 4.78 is 1.90. The summed E-state index contributed by atoms with van der Waals surface area (Å²) in [6.45, 7) is 1.68. The maximum atomic E-state index is 12.4.